The first-order chi connectivity index (χ1) is 6.37. The minimum atomic E-state index is -1.05. The number of carboxylic acid groups (broad SMARTS) is 1. The summed E-state index contributed by atoms with van der Waals surface area (Å²) in [7, 11) is 0. The lowest BCUT2D eigenvalue weighted by molar-refractivity contribution is -0.152. The molecule has 0 bridgehead atoms. The molecule has 3 heteroatoms. The number of rotatable bonds is 6. The van der Waals surface area contributed by atoms with E-state index in [2.05, 4.69) is 0 Å². The Labute approximate surface area is 86.1 Å². The molecule has 0 rings (SSSR count). The van der Waals surface area contributed by atoms with Crippen LogP contribution in [0.5, 0.6) is 0 Å². The van der Waals surface area contributed by atoms with Gasteiger partial charge in [0.2, 0.25) is 0 Å². The van der Waals surface area contributed by atoms with Gasteiger partial charge >= 0.3 is 5.97 Å². The molecule has 0 aliphatic heterocycles. The quantitative estimate of drug-likeness (QED) is 0.694. The van der Waals surface area contributed by atoms with Crippen LogP contribution >= 0.6 is 0 Å². The third-order valence-electron chi connectivity index (χ3n) is 3.19. The molecular formula is C11H22O3. The van der Waals surface area contributed by atoms with Crippen LogP contribution in [0.15, 0.2) is 0 Å². The van der Waals surface area contributed by atoms with Crippen LogP contribution in [0.2, 0.25) is 0 Å². The third kappa shape index (κ3) is 3.29. The highest BCUT2D eigenvalue weighted by atomic mass is 16.4. The average Bonchev–Trinajstić information content (AvgIpc) is 2.15. The van der Waals surface area contributed by atoms with E-state index in [0.717, 1.165) is 6.42 Å². The zero-order chi connectivity index (χ0) is 11.4. The standard InChI is InChI=1S/C11H22O3/c1-5-8(3)7-11(14,6-2)9(4)10(12)13/h8-9,14H,5-7H2,1-4H3,(H,12,13). The highest BCUT2D eigenvalue weighted by Crippen LogP contribution is 2.30. The molecule has 3 atom stereocenters. The molecule has 0 aliphatic carbocycles. The van der Waals surface area contributed by atoms with E-state index < -0.39 is 17.5 Å². The second kappa shape index (κ2) is 5.35. The Kier molecular flexibility index (Phi) is 5.13. The van der Waals surface area contributed by atoms with Crippen LogP contribution in [-0.2, 0) is 4.79 Å². The predicted molar refractivity (Wildman–Crippen MR) is 56.1 cm³/mol. The van der Waals surface area contributed by atoms with Gasteiger partial charge in [0.05, 0.1) is 11.5 Å². The maximum absolute atomic E-state index is 10.8. The highest BCUT2D eigenvalue weighted by molar-refractivity contribution is 5.71. The normalized spacial score (nSPS) is 19.8. The molecule has 0 aromatic rings. The Morgan fingerprint density at radius 3 is 2.14 bits per heavy atom. The van der Waals surface area contributed by atoms with Crippen LogP contribution in [0.25, 0.3) is 0 Å². The van der Waals surface area contributed by atoms with Gasteiger partial charge in [-0.1, -0.05) is 27.2 Å². The second-order valence-corrected chi connectivity index (χ2v) is 4.23. The molecule has 0 amide bonds. The number of carbonyl (C=O) groups is 1. The van der Waals surface area contributed by atoms with Gasteiger partial charge in [0.25, 0.3) is 0 Å². The average molecular weight is 202 g/mol. The lowest BCUT2D eigenvalue weighted by Crippen LogP contribution is -2.41. The van der Waals surface area contributed by atoms with Crippen LogP contribution in [0.4, 0.5) is 0 Å². The van der Waals surface area contributed by atoms with Crippen LogP contribution in [-0.4, -0.2) is 21.8 Å². The molecule has 3 unspecified atom stereocenters. The molecular weight excluding hydrogens is 180 g/mol. The molecule has 0 saturated heterocycles. The molecule has 84 valence electrons. The Balaban J connectivity index is 4.53. The van der Waals surface area contributed by atoms with E-state index in [4.69, 9.17) is 5.11 Å². The van der Waals surface area contributed by atoms with Crippen molar-refractivity contribution in [1.29, 1.82) is 0 Å². The van der Waals surface area contributed by atoms with Gasteiger partial charge in [-0.15, -0.1) is 0 Å². The summed E-state index contributed by atoms with van der Waals surface area (Å²) in [5.41, 5.74) is -1.05. The molecule has 0 spiro atoms. The van der Waals surface area contributed by atoms with Crippen molar-refractivity contribution >= 4 is 5.97 Å². The fourth-order valence-electron chi connectivity index (χ4n) is 1.60. The smallest absolute Gasteiger partial charge is 0.309 e. The van der Waals surface area contributed by atoms with Crippen molar-refractivity contribution in [2.24, 2.45) is 11.8 Å². The van der Waals surface area contributed by atoms with Crippen molar-refractivity contribution in [3.05, 3.63) is 0 Å². The fraction of sp³-hybridized carbons (Fsp3) is 0.909. The van der Waals surface area contributed by atoms with Crippen LogP contribution in [0, 0.1) is 11.8 Å². The van der Waals surface area contributed by atoms with Crippen molar-refractivity contribution in [1.82, 2.24) is 0 Å². The summed E-state index contributed by atoms with van der Waals surface area (Å²) in [6, 6.07) is 0. The molecule has 3 nitrogen and oxygen atoms in total. The van der Waals surface area contributed by atoms with E-state index in [0.29, 0.717) is 18.8 Å². The number of aliphatic hydroxyl groups is 1. The molecule has 0 radical (unpaired) electrons. The van der Waals surface area contributed by atoms with E-state index in [-0.39, 0.29) is 0 Å². The summed E-state index contributed by atoms with van der Waals surface area (Å²) in [5.74, 6) is -1.25. The molecule has 0 aliphatic rings. The molecule has 0 aromatic carbocycles. The first kappa shape index (κ1) is 13.4. The topological polar surface area (TPSA) is 57.5 Å². The highest BCUT2D eigenvalue weighted by Gasteiger charge is 2.37. The Bertz CT molecular complexity index is 191. The summed E-state index contributed by atoms with van der Waals surface area (Å²) >= 11 is 0. The molecule has 2 N–H and O–H groups in total. The summed E-state index contributed by atoms with van der Waals surface area (Å²) in [4.78, 5) is 10.8. The van der Waals surface area contributed by atoms with Gasteiger partial charge in [-0.25, -0.2) is 0 Å². The van der Waals surface area contributed by atoms with Crippen molar-refractivity contribution in [3.63, 3.8) is 0 Å². The number of aliphatic carboxylic acids is 1. The largest absolute Gasteiger partial charge is 0.481 e. The van der Waals surface area contributed by atoms with E-state index in [9.17, 15) is 9.90 Å². The monoisotopic (exact) mass is 202 g/mol. The maximum atomic E-state index is 10.8. The number of hydrogen-bond acceptors (Lipinski definition) is 2. The van der Waals surface area contributed by atoms with Gasteiger partial charge in [0.15, 0.2) is 0 Å². The molecule has 14 heavy (non-hydrogen) atoms. The van der Waals surface area contributed by atoms with Gasteiger partial charge in [0, 0.05) is 0 Å². The second-order valence-electron chi connectivity index (χ2n) is 4.23. The van der Waals surface area contributed by atoms with Gasteiger partial charge in [-0.05, 0) is 25.7 Å². The molecule has 0 fully saturated rings. The van der Waals surface area contributed by atoms with Crippen molar-refractivity contribution in [2.75, 3.05) is 0 Å². The Hall–Kier alpha value is -0.570. The zero-order valence-electron chi connectivity index (χ0n) is 9.58. The van der Waals surface area contributed by atoms with Gasteiger partial charge in [-0.3, -0.25) is 4.79 Å². The molecule has 0 saturated carbocycles. The van der Waals surface area contributed by atoms with E-state index in [1.54, 1.807) is 6.92 Å². The first-order valence-corrected chi connectivity index (χ1v) is 5.32. The number of carboxylic acids is 1. The van der Waals surface area contributed by atoms with Gasteiger partial charge in [-0.2, -0.15) is 0 Å². The Morgan fingerprint density at radius 1 is 1.36 bits per heavy atom. The molecule has 0 aromatic heterocycles. The lowest BCUT2D eigenvalue weighted by Gasteiger charge is -2.33. The first-order valence-electron chi connectivity index (χ1n) is 5.32. The third-order valence-corrected chi connectivity index (χ3v) is 3.19. The summed E-state index contributed by atoms with van der Waals surface area (Å²) in [6.07, 6.45) is 2.02. The van der Waals surface area contributed by atoms with Gasteiger partial charge < -0.3 is 10.2 Å². The minimum absolute atomic E-state index is 0.363. The number of hydrogen-bond donors (Lipinski definition) is 2. The van der Waals surface area contributed by atoms with Crippen molar-refractivity contribution in [3.8, 4) is 0 Å². The Morgan fingerprint density at radius 2 is 1.86 bits per heavy atom. The van der Waals surface area contributed by atoms with E-state index in [1.807, 2.05) is 20.8 Å². The SMILES string of the molecule is CCC(C)CC(O)(CC)C(C)C(=O)O. The predicted octanol–water partition coefficient (Wildman–Crippen LogP) is 2.28. The summed E-state index contributed by atoms with van der Waals surface area (Å²) in [5, 5.41) is 19.1. The van der Waals surface area contributed by atoms with Crippen LogP contribution < -0.4 is 0 Å². The summed E-state index contributed by atoms with van der Waals surface area (Å²) in [6.45, 7) is 7.50. The van der Waals surface area contributed by atoms with Crippen molar-refractivity contribution < 1.29 is 15.0 Å². The van der Waals surface area contributed by atoms with Crippen LogP contribution in [0.1, 0.15) is 47.0 Å². The molecule has 0 heterocycles. The summed E-state index contributed by atoms with van der Waals surface area (Å²) < 4.78 is 0. The minimum Gasteiger partial charge on any atom is -0.481 e. The van der Waals surface area contributed by atoms with E-state index >= 15 is 0 Å². The van der Waals surface area contributed by atoms with Crippen molar-refractivity contribution in [2.45, 2.75) is 52.6 Å². The van der Waals surface area contributed by atoms with E-state index in [1.165, 1.54) is 0 Å². The lowest BCUT2D eigenvalue weighted by atomic mass is 9.79. The van der Waals surface area contributed by atoms with Gasteiger partial charge in [0.1, 0.15) is 0 Å². The fourth-order valence-corrected chi connectivity index (χ4v) is 1.60. The van der Waals surface area contributed by atoms with Crippen LogP contribution in [0.3, 0.4) is 0 Å². The zero-order valence-corrected chi connectivity index (χ0v) is 9.58. The maximum Gasteiger partial charge on any atom is 0.309 e.